The van der Waals surface area contributed by atoms with Crippen molar-refractivity contribution in [3.05, 3.63) is 0 Å². The Morgan fingerprint density at radius 2 is 1.80 bits per heavy atom. The number of nitrogens with zero attached hydrogens (tertiary/aromatic N) is 2. The van der Waals surface area contributed by atoms with Gasteiger partial charge in [-0.3, -0.25) is 9.80 Å². The first-order valence-corrected chi connectivity index (χ1v) is 6.10. The molecule has 0 bridgehead atoms. The smallest absolute Gasteiger partial charge is 0.329 e. The predicted molar refractivity (Wildman–Crippen MR) is 67.9 cm³/mol. The van der Waals surface area contributed by atoms with E-state index in [4.69, 9.17) is 0 Å². The molecule has 1 saturated heterocycles. The molecule has 0 saturated carbocycles. The molecule has 88 valence electrons. The van der Waals surface area contributed by atoms with Crippen LogP contribution in [0.4, 0.5) is 0 Å². The molecule has 1 aliphatic rings. The monoisotopic (exact) mass is 326 g/mol. The molecular formula is C10H19IN2O2. The standard InChI is InChI=1S/C10H19IN2O2/c1-10(2,3)13-6-4-12(5-7-13)8-9(14)15-11/h4-8H2,1-3H3. The predicted octanol–water partition coefficient (Wildman–Crippen LogP) is 1.30. The topological polar surface area (TPSA) is 32.8 Å². The van der Waals surface area contributed by atoms with Crippen LogP contribution < -0.4 is 0 Å². The molecule has 1 rings (SSSR count). The lowest BCUT2D eigenvalue weighted by atomic mass is 10.1. The van der Waals surface area contributed by atoms with Gasteiger partial charge in [0.25, 0.3) is 0 Å². The highest BCUT2D eigenvalue weighted by molar-refractivity contribution is 14.1. The molecule has 0 aromatic carbocycles. The van der Waals surface area contributed by atoms with E-state index in [1.807, 2.05) is 0 Å². The molecule has 0 radical (unpaired) electrons. The van der Waals surface area contributed by atoms with E-state index in [2.05, 4.69) is 33.6 Å². The zero-order valence-corrected chi connectivity index (χ0v) is 11.8. The van der Waals surface area contributed by atoms with Crippen molar-refractivity contribution in [3.63, 3.8) is 0 Å². The Hall–Kier alpha value is 0.120. The normalized spacial score (nSPS) is 20.3. The summed E-state index contributed by atoms with van der Waals surface area (Å²) in [6.07, 6.45) is 0. The van der Waals surface area contributed by atoms with E-state index >= 15 is 0 Å². The minimum Gasteiger partial charge on any atom is -0.394 e. The molecule has 0 atom stereocenters. The summed E-state index contributed by atoms with van der Waals surface area (Å²) in [4.78, 5) is 15.7. The third kappa shape index (κ3) is 4.24. The van der Waals surface area contributed by atoms with Crippen LogP contribution in [-0.4, -0.2) is 54.0 Å². The number of piperazine rings is 1. The van der Waals surface area contributed by atoms with Gasteiger partial charge in [-0.25, -0.2) is 4.79 Å². The summed E-state index contributed by atoms with van der Waals surface area (Å²) in [6, 6.07) is 0. The van der Waals surface area contributed by atoms with E-state index < -0.39 is 0 Å². The van der Waals surface area contributed by atoms with Gasteiger partial charge >= 0.3 is 5.97 Å². The molecule has 0 N–H and O–H groups in total. The molecule has 1 aliphatic heterocycles. The lowest BCUT2D eigenvalue weighted by molar-refractivity contribution is -0.133. The number of hydrogen-bond donors (Lipinski definition) is 0. The Morgan fingerprint density at radius 1 is 1.27 bits per heavy atom. The maximum atomic E-state index is 11.1. The molecule has 4 nitrogen and oxygen atoms in total. The zero-order valence-electron chi connectivity index (χ0n) is 9.62. The average Bonchev–Trinajstić information content (AvgIpc) is 2.17. The van der Waals surface area contributed by atoms with Gasteiger partial charge in [0.15, 0.2) is 23.0 Å². The first kappa shape index (κ1) is 13.2. The number of carbonyl (C=O) groups excluding carboxylic acids is 1. The van der Waals surface area contributed by atoms with Crippen molar-refractivity contribution < 1.29 is 7.86 Å². The van der Waals surface area contributed by atoms with Crippen molar-refractivity contribution in [1.29, 1.82) is 0 Å². The summed E-state index contributed by atoms with van der Waals surface area (Å²) >= 11 is 1.64. The summed E-state index contributed by atoms with van der Waals surface area (Å²) in [5.41, 5.74) is 0.232. The molecule has 0 amide bonds. The van der Waals surface area contributed by atoms with Crippen molar-refractivity contribution >= 4 is 29.0 Å². The summed E-state index contributed by atoms with van der Waals surface area (Å²) in [6.45, 7) is 11.0. The van der Waals surface area contributed by atoms with E-state index in [1.54, 1.807) is 23.0 Å². The first-order valence-electron chi connectivity index (χ1n) is 5.22. The van der Waals surface area contributed by atoms with Crippen LogP contribution in [0, 0.1) is 0 Å². The molecule has 0 aliphatic carbocycles. The molecule has 15 heavy (non-hydrogen) atoms. The second kappa shape index (κ2) is 5.45. The van der Waals surface area contributed by atoms with Gasteiger partial charge < -0.3 is 3.07 Å². The first-order chi connectivity index (χ1) is 6.93. The molecule has 0 aromatic heterocycles. The molecule has 0 spiro atoms. The van der Waals surface area contributed by atoms with Crippen LogP contribution >= 0.6 is 23.0 Å². The van der Waals surface area contributed by atoms with Crippen LogP contribution in [-0.2, 0) is 7.86 Å². The van der Waals surface area contributed by atoms with Crippen LogP contribution in [0.25, 0.3) is 0 Å². The van der Waals surface area contributed by atoms with Gasteiger partial charge in [0.2, 0.25) is 0 Å². The summed E-state index contributed by atoms with van der Waals surface area (Å²) in [7, 11) is 0. The van der Waals surface area contributed by atoms with Crippen LogP contribution in [0.1, 0.15) is 20.8 Å². The fourth-order valence-corrected chi connectivity index (χ4v) is 1.92. The van der Waals surface area contributed by atoms with Gasteiger partial charge in [-0.1, -0.05) is 0 Å². The van der Waals surface area contributed by atoms with Gasteiger partial charge in [0.05, 0.1) is 6.54 Å². The highest BCUT2D eigenvalue weighted by atomic mass is 127. The molecule has 5 heteroatoms. The van der Waals surface area contributed by atoms with Gasteiger partial charge in [-0.05, 0) is 20.8 Å². The van der Waals surface area contributed by atoms with Crippen molar-refractivity contribution in [3.8, 4) is 0 Å². The van der Waals surface area contributed by atoms with E-state index in [9.17, 15) is 4.79 Å². The lowest BCUT2D eigenvalue weighted by Crippen LogP contribution is -2.54. The Bertz CT molecular complexity index is 220. The summed E-state index contributed by atoms with van der Waals surface area (Å²) in [5.74, 6) is -0.153. The Morgan fingerprint density at radius 3 is 2.20 bits per heavy atom. The van der Waals surface area contributed by atoms with E-state index in [0.717, 1.165) is 26.2 Å². The molecule has 1 heterocycles. The van der Waals surface area contributed by atoms with E-state index in [-0.39, 0.29) is 11.5 Å². The molecular weight excluding hydrogens is 307 g/mol. The zero-order chi connectivity index (χ0) is 11.5. The van der Waals surface area contributed by atoms with Gasteiger partial charge in [0.1, 0.15) is 0 Å². The third-order valence-electron chi connectivity index (χ3n) is 2.76. The molecule has 1 fully saturated rings. The van der Waals surface area contributed by atoms with Crippen LogP contribution in [0.3, 0.4) is 0 Å². The van der Waals surface area contributed by atoms with Gasteiger partial charge in [-0.2, -0.15) is 0 Å². The number of carbonyl (C=O) groups is 1. The Labute approximate surface area is 106 Å². The number of hydrogen-bond acceptors (Lipinski definition) is 4. The Balaban J connectivity index is 2.33. The third-order valence-corrected chi connectivity index (χ3v) is 3.25. The van der Waals surface area contributed by atoms with Crippen LogP contribution in [0.2, 0.25) is 0 Å². The number of rotatable bonds is 2. The van der Waals surface area contributed by atoms with Crippen molar-refractivity contribution in [2.45, 2.75) is 26.3 Å². The maximum absolute atomic E-state index is 11.1. The summed E-state index contributed by atoms with van der Waals surface area (Å²) in [5, 5.41) is 0. The van der Waals surface area contributed by atoms with Crippen LogP contribution in [0.15, 0.2) is 0 Å². The van der Waals surface area contributed by atoms with Crippen molar-refractivity contribution in [1.82, 2.24) is 9.80 Å². The number of halogens is 1. The van der Waals surface area contributed by atoms with Crippen molar-refractivity contribution in [2.75, 3.05) is 32.7 Å². The second-order valence-corrected chi connectivity index (χ2v) is 5.32. The van der Waals surface area contributed by atoms with Crippen LogP contribution in [0.5, 0.6) is 0 Å². The van der Waals surface area contributed by atoms with Crippen molar-refractivity contribution in [2.24, 2.45) is 0 Å². The maximum Gasteiger partial charge on any atom is 0.329 e. The van der Waals surface area contributed by atoms with E-state index in [0.29, 0.717) is 6.54 Å². The largest absolute Gasteiger partial charge is 0.394 e. The van der Waals surface area contributed by atoms with Gasteiger partial charge in [0, 0.05) is 31.7 Å². The minimum atomic E-state index is -0.153. The Kier molecular flexibility index (Phi) is 4.79. The average molecular weight is 326 g/mol. The van der Waals surface area contributed by atoms with Gasteiger partial charge in [-0.15, -0.1) is 0 Å². The second-order valence-electron chi connectivity index (χ2n) is 4.88. The fraction of sp³-hybridized carbons (Fsp3) is 0.900. The summed E-state index contributed by atoms with van der Waals surface area (Å²) < 4.78 is 4.62. The molecule has 0 aromatic rings. The highest BCUT2D eigenvalue weighted by Crippen LogP contribution is 2.15. The molecule has 0 unspecified atom stereocenters. The highest BCUT2D eigenvalue weighted by Gasteiger charge is 2.26. The lowest BCUT2D eigenvalue weighted by Gasteiger charge is -2.41. The fourth-order valence-electron chi connectivity index (χ4n) is 1.78. The minimum absolute atomic E-state index is 0.153. The van der Waals surface area contributed by atoms with E-state index in [1.165, 1.54) is 0 Å². The quantitative estimate of drug-likeness (QED) is 0.716. The SMILES string of the molecule is CC(C)(C)N1CCN(CC(=O)OI)CC1.